The van der Waals surface area contributed by atoms with Crippen LogP contribution in [-0.4, -0.2) is 15.6 Å². The highest BCUT2D eigenvalue weighted by molar-refractivity contribution is 7.83. The van der Waals surface area contributed by atoms with Crippen molar-refractivity contribution in [3.8, 4) is 0 Å². The molecule has 1 atom stereocenters. The molecule has 0 saturated heterocycles. The number of fused-ring (bicyclic) bond motifs is 1. The van der Waals surface area contributed by atoms with Crippen LogP contribution >= 0.6 is 11.3 Å². The van der Waals surface area contributed by atoms with Gasteiger partial charge in [0, 0.05) is 13.6 Å². The first-order valence-electron chi connectivity index (χ1n) is 4.22. The molecule has 1 unspecified atom stereocenters. The molecule has 0 aliphatic carbocycles. The second-order valence-electron chi connectivity index (χ2n) is 3.86. The van der Waals surface area contributed by atoms with E-state index in [9.17, 15) is 4.21 Å². The van der Waals surface area contributed by atoms with E-state index in [-0.39, 0.29) is 4.75 Å². The Morgan fingerprint density at radius 3 is 2.92 bits per heavy atom. The molecular formula is C9H13NOS2. The summed E-state index contributed by atoms with van der Waals surface area (Å²) in [6, 6.07) is 0. The van der Waals surface area contributed by atoms with Crippen molar-refractivity contribution < 1.29 is 4.21 Å². The molecule has 0 bridgehead atoms. The average Bonchev–Trinajstić information content (AvgIpc) is 2.49. The molecule has 0 amide bonds. The minimum Gasteiger partial charge on any atom is -0.242 e. The summed E-state index contributed by atoms with van der Waals surface area (Å²) >= 11 is 1.70. The van der Waals surface area contributed by atoms with E-state index in [1.165, 1.54) is 11.1 Å². The summed E-state index contributed by atoms with van der Waals surface area (Å²) in [6.07, 6.45) is 0. The van der Waals surface area contributed by atoms with E-state index < -0.39 is 11.0 Å². The Morgan fingerprint density at radius 1 is 1.54 bits per heavy atom. The molecule has 1 aliphatic heterocycles. The van der Waals surface area contributed by atoms with Gasteiger partial charge in [0.25, 0.3) is 0 Å². The van der Waals surface area contributed by atoms with Crippen molar-refractivity contribution in [1.82, 2.24) is 4.31 Å². The number of thiophene rings is 1. The summed E-state index contributed by atoms with van der Waals surface area (Å²) in [7, 11) is 1.02. The van der Waals surface area contributed by atoms with Crippen molar-refractivity contribution in [2.24, 2.45) is 0 Å². The Labute approximate surface area is 85.2 Å². The molecule has 2 heterocycles. The van der Waals surface area contributed by atoms with Gasteiger partial charge in [-0.2, -0.15) is 11.3 Å². The molecule has 13 heavy (non-hydrogen) atoms. The minimum absolute atomic E-state index is 0.220. The minimum atomic E-state index is -0.895. The van der Waals surface area contributed by atoms with Crippen LogP contribution < -0.4 is 0 Å². The zero-order valence-corrected chi connectivity index (χ0v) is 9.67. The fourth-order valence-corrected chi connectivity index (χ4v) is 4.26. The molecule has 1 aliphatic rings. The average molecular weight is 215 g/mol. The second-order valence-corrected chi connectivity index (χ2v) is 6.74. The fraction of sp³-hybridized carbons (Fsp3) is 0.556. The maximum Gasteiger partial charge on any atom is 0.105 e. The Hall–Kier alpha value is -0.190. The van der Waals surface area contributed by atoms with Crippen LogP contribution in [0.5, 0.6) is 0 Å². The smallest absolute Gasteiger partial charge is 0.105 e. The van der Waals surface area contributed by atoms with Crippen LogP contribution in [0.4, 0.5) is 0 Å². The Morgan fingerprint density at radius 2 is 2.23 bits per heavy atom. The monoisotopic (exact) mass is 215 g/mol. The van der Waals surface area contributed by atoms with Gasteiger partial charge >= 0.3 is 0 Å². The Kier molecular flexibility index (Phi) is 2.09. The van der Waals surface area contributed by atoms with Crippen LogP contribution in [0, 0.1) is 0 Å². The zero-order valence-electron chi connectivity index (χ0n) is 8.03. The summed E-state index contributed by atoms with van der Waals surface area (Å²) in [6.45, 7) is 4.91. The standard InChI is InChI=1S/C9H13NOS2/c1-9(2)8-6-12-5-7(8)4-10(3)13(9)11/h5-6H,4H2,1-3H3. The molecule has 0 N–H and O–H groups in total. The Bertz CT molecular complexity index is 356. The molecule has 1 aromatic rings. The molecule has 0 spiro atoms. The van der Waals surface area contributed by atoms with Crippen molar-refractivity contribution >= 4 is 22.3 Å². The van der Waals surface area contributed by atoms with Crippen molar-refractivity contribution in [1.29, 1.82) is 0 Å². The molecule has 0 fully saturated rings. The highest BCUT2D eigenvalue weighted by Gasteiger charge is 2.37. The largest absolute Gasteiger partial charge is 0.242 e. The summed E-state index contributed by atoms with van der Waals surface area (Å²) in [4.78, 5) is 0. The van der Waals surface area contributed by atoms with Crippen LogP contribution in [0.15, 0.2) is 10.8 Å². The van der Waals surface area contributed by atoms with Gasteiger partial charge in [-0.15, -0.1) is 0 Å². The first-order chi connectivity index (χ1) is 6.03. The molecule has 2 nitrogen and oxygen atoms in total. The molecule has 1 aromatic heterocycles. The van der Waals surface area contributed by atoms with E-state index in [4.69, 9.17) is 0 Å². The van der Waals surface area contributed by atoms with E-state index in [1.54, 1.807) is 11.3 Å². The first-order valence-corrected chi connectivity index (χ1v) is 6.27. The predicted octanol–water partition coefficient (Wildman–Crippen LogP) is 2.09. The van der Waals surface area contributed by atoms with Gasteiger partial charge in [-0.3, -0.25) is 0 Å². The lowest BCUT2D eigenvalue weighted by Gasteiger charge is -2.34. The van der Waals surface area contributed by atoms with E-state index in [0.29, 0.717) is 0 Å². The predicted molar refractivity (Wildman–Crippen MR) is 57.0 cm³/mol. The van der Waals surface area contributed by atoms with E-state index in [0.717, 1.165) is 6.54 Å². The molecule has 0 radical (unpaired) electrons. The highest BCUT2D eigenvalue weighted by Crippen LogP contribution is 2.38. The second kappa shape index (κ2) is 2.90. The van der Waals surface area contributed by atoms with Gasteiger partial charge in [-0.25, -0.2) is 8.51 Å². The number of rotatable bonds is 0. The summed E-state index contributed by atoms with van der Waals surface area (Å²) in [5.41, 5.74) is 2.59. The summed E-state index contributed by atoms with van der Waals surface area (Å²) < 4.78 is 13.6. The van der Waals surface area contributed by atoms with Gasteiger partial charge in [-0.05, 0) is 35.7 Å². The number of nitrogens with zero attached hydrogens (tertiary/aromatic N) is 1. The molecule has 72 valence electrons. The fourth-order valence-electron chi connectivity index (χ4n) is 1.76. The zero-order chi connectivity index (χ0) is 9.64. The third-order valence-corrected chi connectivity index (χ3v) is 5.08. The maximum atomic E-state index is 11.9. The van der Waals surface area contributed by atoms with Crippen molar-refractivity contribution in [2.45, 2.75) is 25.1 Å². The molecule has 2 rings (SSSR count). The van der Waals surface area contributed by atoms with Crippen molar-refractivity contribution in [2.75, 3.05) is 7.05 Å². The third kappa shape index (κ3) is 1.28. The van der Waals surface area contributed by atoms with Gasteiger partial charge in [-0.1, -0.05) is 0 Å². The van der Waals surface area contributed by atoms with Gasteiger partial charge in [0.1, 0.15) is 11.0 Å². The summed E-state index contributed by atoms with van der Waals surface area (Å²) in [5, 5.41) is 4.28. The van der Waals surface area contributed by atoms with Crippen molar-refractivity contribution in [3.63, 3.8) is 0 Å². The SMILES string of the molecule is CN1Cc2cscc2C(C)(C)S1=O. The molecule has 4 heteroatoms. The van der Waals surface area contributed by atoms with Crippen LogP contribution in [0.3, 0.4) is 0 Å². The topological polar surface area (TPSA) is 20.3 Å². The lowest BCUT2D eigenvalue weighted by atomic mass is 10.0. The van der Waals surface area contributed by atoms with Gasteiger partial charge < -0.3 is 0 Å². The van der Waals surface area contributed by atoms with E-state index in [2.05, 4.69) is 10.8 Å². The lowest BCUT2D eigenvalue weighted by Crippen LogP contribution is -2.39. The van der Waals surface area contributed by atoms with E-state index in [1.807, 2.05) is 25.2 Å². The van der Waals surface area contributed by atoms with Crippen molar-refractivity contribution in [3.05, 3.63) is 21.9 Å². The Balaban J connectivity index is 2.56. The van der Waals surface area contributed by atoms with Gasteiger partial charge in [0.15, 0.2) is 0 Å². The first kappa shape index (κ1) is 9.37. The summed E-state index contributed by atoms with van der Waals surface area (Å²) in [5.74, 6) is 0. The molecule has 0 saturated carbocycles. The van der Waals surface area contributed by atoms with Gasteiger partial charge in [0.05, 0.1) is 4.75 Å². The van der Waals surface area contributed by atoms with Crippen LogP contribution in [0.25, 0.3) is 0 Å². The normalized spacial score (nSPS) is 27.2. The van der Waals surface area contributed by atoms with Crippen LogP contribution in [0.2, 0.25) is 0 Å². The third-order valence-electron chi connectivity index (χ3n) is 2.50. The van der Waals surface area contributed by atoms with Gasteiger partial charge in [0.2, 0.25) is 0 Å². The quantitative estimate of drug-likeness (QED) is 0.649. The lowest BCUT2D eigenvalue weighted by molar-refractivity contribution is 0.471. The van der Waals surface area contributed by atoms with Crippen LogP contribution in [0.1, 0.15) is 25.0 Å². The van der Waals surface area contributed by atoms with E-state index >= 15 is 0 Å². The number of hydrogen-bond donors (Lipinski definition) is 0. The maximum absolute atomic E-state index is 11.9. The highest BCUT2D eigenvalue weighted by atomic mass is 32.2. The number of hydrogen-bond acceptors (Lipinski definition) is 2. The molecular weight excluding hydrogens is 202 g/mol. The molecule has 0 aromatic carbocycles. The van der Waals surface area contributed by atoms with Crippen LogP contribution in [-0.2, 0) is 22.3 Å².